The molecule has 0 aromatic carbocycles. The van der Waals surface area contributed by atoms with E-state index in [-0.39, 0.29) is 85.3 Å². The van der Waals surface area contributed by atoms with E-state index >= 15 is 0 Å². The molecule has 22 heavy (non-hydrogen) atoms. The smallest absolute Gasteiger partial charge is 0.861 e. The average molecular weight is 334 g/mol. The molecule has 4 N–H and O–H groups in total. The van der Waals surface area contributed by atoms with Crippen molar-refractivity contribution in [2.24, 2.45) is 0 Å². The molecule has 0 rings (SSSR count). The van der Waals surface area contributed by atoms with Crippen molar-refractivity contribution in [1.82, 2.24) is 9.80 Å². The Bertz CT molecular complexity index is 328. The van der Waals surface area contributed by atoms with Gasteiger partial charge in [-0.15, -0.1) is 0 Å². The molecule has 114 valence electrons. The predicted molar refractivity (Wildman–Crippen MR) is 63.6 cm³/mol. The number of carbonyl (C=O) groups is 2. The first-order chi connectivity index (χ1) is 9.20. The van der Waals surface area contributed by atoms with Crippen LogP contribution in [-0.2, 0) is 9.59 Å². The van der Waals surface area contributed by atoms with Crippen molar-refractivity contribution in [3.8, 4) is 0 Å². The number of carboxylic acids is 2. The van der Waals surface area contributed by atoms with E-state index in [0.717, 1.165) is 4.90 Å². The summed E-state index contributed by atoms with van der Waals surface area (Å²) in [4.78, 5) is 23.5. The third kappa shape index (κ3) is 16.2. The average Bonchev–Trinajstić information content (AvgIpc) is 2.22. The van der Waals surface area contributed by atoms with Gasteiger partial charge in [0.15, 0.2) is 0 Å². The molecule has 0 heterocycles. The van der Waals surface area contributed by atoms with Crippen LogP contribution in [0, 0.1) is 10.8 Å². The van der Waals surface area contributed by atoms with Crippen molar-refractivity contribution < 1.29 is 89.1 Å². The van der Waals surface area contributed by atoms with Crippen molar-refractivity contribution in [3.05, 3.63) is 0 Å². The van der Waals surface area contributed by atoms with Crippen LogP contribution in [0.2, 0.25) is 0 Å². The van der Waals surface area contributed by atoms with Gasteiger partial charge >= 0.3 is 71.1 Å². The number of nitrogens with one attached hydrogen (secondary N) is 2. The standard InChI is InChI=1S/C10H18N4O6.2Na/c11-7(15)3-13(4-8(12)16)1-2-14(5-9(17)18)6-10(19)20;;/h1-6H2,(H2,11,15)(H2,12,16)(H,17,18)(H,19,20);;/q;2*+1/p-2. The summed E-state index contributed by atoms with van der Waals surface area (Å²) in [6.07, 6.45) is 0. The zero-order valence-corrected chi connectivity index (χ0v) is 16.7. The molecular weight excluding hydrogens is 318 g/mol. The molecule has 0 fully saturated rings. The second-order valence-electron chi connectivity index (χ2n) is 4.06. The SMILES string of the molecule is N=C([O-])CN(CCN(CC(=O)O)CC(=O)O)CC(=N)[O-].[Na+].[Na+]. The number of hydrogen-bond acceptors (Lipinski definition) is 8. The first-order valence-corrected chi connectivity index (χ1v) is 5.58. The van der Waals surface area contributed by atoms with Gasteiger partial charge in [0.25, 0.3) is 0 Å². The van der Waals surface area contributed by atoms with Crippen LogP contribution in [0.1, 0.15) is 0 Å². The van der Waals surface area contributed by atoms with Crippen LogP contribution in [0.15, 0.2) is 0 Å². The van der Waals surface area contributed by atoms with E-state index in [1.807, 2.05) is 0 Å². The Balaban J connectivity index is -0.00000180. The quantitative estimate of drug-likeness (QED) is 0.164. The Morgan fingerprint density at radius 3 is 1.27 bits per heavy atom. The Morgan fingerprint density at radius 2 is 1.05 bits per heavy atom. The third-order valence-corrected chi connectivity index (χ3v) is 2.18. The summed E-state index contributed by atoms with van der Waals surface area (Å²) in [5.74, 6) is -4.31. The maximum absolute atomic E-state index is 10.7. The van der Waals surface area contributed by atoms with Crippen LogP contribution < -0.4 is 69.3 Å². The summed E-state index contributed by atoms with van der Waals surface area (Å²) >= 11 is 0. The summed E-state index contributed by atoms with van der Waals surface area (Å²) in [5.41, 5.74) is 0. The number of rotatable bonds is 11. The number of nitrogens with zero attached hydrogens (tertiary/aromatic N) is 2. The van der Waals surface area contributed by atoms with Crippen LogP contribution in [0.25, 0.3) is 0 Å². The number of aliphatic carboxylic acids is 2. The van der Waals surface area contributed by atoms with Gasteiger partial charge in [0, 0.05) is 26.2 Å². The van der Waals surface area contributed by atoms with Crippen LogP contribution >= 0.6 is 0 Å². The molecule has 0 unspecified atom stereocenters. The predicted octanol–water partition coefficient (Wildman–Crippen LogP) is -9.56. The van der Waals surface area contributed by atoms with Crippen molar-refractivity contribution in [2.45, 2.75) is 0 Å². The first kappa shape index (κ1) is 26.7. The molecule has 0 aromatic rings. The van der Waals surface area contributed by atoms with E-state index in [2.05, 4.69) is 0 Å². The summed E-state index contributed by atoms with van der Waals surface area (Å²) in [5, 5.41) is 52.3. The maximum atomic E-state index is 10.7. The van der Waals surface area contributed by atoms with Gasteiger partial charge in [-0.1, -0.05) is 0 Å². The summed E-state index contributed by atoms with van der Waals surface area (Å²) < 4.78 is 0. The Labute approximate surface area is 171 Å². The van der Waals surface area contributed by atoms with Gasteiger partial charge in [-0.3, -0.25) is 19.4 Å². The fourth-order valence-corrected chi connectivity index (χ4v) is 1.50. The zero-order chi connectivity index (χ0) is 15.7. The summed E-state index contributed by atoms with van der Waals surface area (Å²) in [6.45, 7) is -1.75. The molecule has 0 saturated carbocycles. The first-order valence-electron chi connectivity index (χ1n) is 5.58. The molecule has 0 spiro atoms. The van der Waals surface area contributed by atoms with Gasteiger partial charge in [-0.25, -0.2) is 0 Å². The Kier molecular flexibility index (Phi) is 17.5. The minimum absolute atomic E-state index is 0. The molecule has 0 radical (unpaired) electrons. The molecule has 0 aliphatic carbocycles. The van der Waals surface area contributed by atoms with Crippen LogP contribution in [0.4, 0.5) is 0 Å². The minimum atomic E-state index is -1.20. The van der Waals surface area contributed by atoms with Crippen molar-refractivity contribution >= 4 is 23.7 Å². The van der Waals surface area contributed by atoms with E-state index in [9.17, 15) is 19.8 Å². The molecule has 0 amide bonds. The molecule has 0 saturated heterocycles. The molecule has 0 aliphatic rings. The molecule has 10 nitrogen and oxygen atoms in total. The summed E-state index contributed by atoms with van der Waals surface area (Å²) in [6, 6.07) is 0. The number of carboxylic acid groups (broad SMARTS) is 2. The van der Waals surface area contributed by atoms with Crippen molar-refractivity contribution in [3.63, 3.8) is 0 Å². The van der Waals surface area contributed by atoms with Gasteiger partial charge in [0.1, 0.15) is 0 Å². The number of hydrogen-bond donors (Lipinski definition) is 4. The van der Waals surface area contributed by atoms with Crippen LogP contribution in [0.5, 0.6) is 0 Å². The van der Waals surface area contributed by atoms with Gasteiger partial charge in [-0.05, 0) is 11.8 Å². The van der Waals surface area contributed by atoms with Crippen molar-refractivity contribution in [1.29, 1.82) is 10.8 Å². The van der Waals surface area contributed by atoms with E-state index in [1.165, 1.54) is 4.90 Å². The fraction of sp³-hybridized carbons (Fsp3) is 0.600. The Hall–Kier alpha value is -0.200. The zero-order valence-electron chi connectivity index (χ0n) is 12.7. The van der Waals surface area contributed by atoms with E-state index in [1.54, 1.807) is 0 Å². The monoisotopic (exact) mass is 334 g/mol. The van der Waals surface area contributed by atoms with Crippen LogP contribution in [-0.4, -0.2) is 83.0 Å². The van der Waals surface area contributed by atoms with Crippen molar-refractivity contribution in [2.75, 3.05) is 39.3 Å². The largest absolute Gasteiger partial charge is 1.00 e. The maximum Gasteiger partial charge on any atom is 1.00 e. The minimum Gasteiger partial charge on any atom is -0.861 e. The molecule has 0 bridgehead atoms. The van der Waals surface area contributed by atoms with E-state index in [0.29, 0.717) is 0 Å². The normalized spacial score (nSPS) is 9.73. The molecule has 0 aromatic heterocycles. The van der Waals surface area contributed by atoms with E-state index in [4.69, 9.17) is 21.0 Å². The Morgan fingerprint density at radius 1 is 0.773 bits per heavy atom. The van der Waals surface area contributed by atoms with Gasteiger partial charge in [0.2, 0.25) is 0 Å². The third-order valence-electron chi connectivity index (χ3n) is 2.18. The summed E-state index contributed by atoms with van der Waals surface area (Å²) in [7, 11) is 0. The van der Waals surface area contributed by atoms with Gasteiger partial charge < -0.3 is 31.2 Å². The topological polar surface area (TPSA) is 175 Å². The van der Waals surface area contributed by atoms with Gasteiger partial charge in [0.05, 0.1) is 13.1 Å². The molecular formula is C10H16N4Na2O6. The fourth-order valence-electron chi connectivity index (χ4n) is 1.50. The second kappa shape index (κ2) is 14.4. The van der Waals surface area contributed by atoms with Crippen LogP contribution in [0.3, 0.4) is 0 Å². The molecule has 0 atom stereocenters. The second-order valence-corrected chi connectivity index (χ2v) is 4.06. The van der Waals surface area contributed by atoms with Gasteiger partial charge in [-0.2, -0.15) is 0 Å². The molecule has 12 heteroatoms. The molecule has 0 aliphatic heterocycles. The van der Waals surface area contributed by atoms with E-state index < -0.39 is 36.8 Å².